The Balaban J connectivity index is 1.53. The number of hydrogen-bond donors (Lipinski definition) is 1. The average Bonchev–Trinajstić information content (AvgIpc) is 2.79. The van der Waals surface area contributed by atoms with Crippen LogP contribution in [0.2, 0.25) is 0 Å². The lowest BCUT2D eigenvalue weighted by Gasteiger charge is -2.30. The van der Waals surface area contributed by atoms with E-state index in [4.69, 9.17) is 4.74 Å². The van der Waals surface area contributed by atoms with Crippen LogP contribution in [-0.4, -0.2) is 48.7 Å². The van der Waals surface area contributed by atoms with Crippen molar-refractivity contribution in [1.82, 2.24) is 4.31 Å². The van der Waals surface area contributed by atoms with Crippen molar-refractivity contribution in [1.29, 1.82) is 0 Å². The largest absolute Gasteiger partial charge is 0.452 e. The molecule has 1 unspecified atom stereocenters. The van der Waals surface area contributed by atoms with E-state index >= 15 is 0 Å². The summed E-state index contributed by atoms with van der Waals surface area (Å²) in [5.41, 5.74) is 0.996. The maximum absolute atomic E-state index is 12.8. The second kappa shape index (κ2) is 10.1. The molecule has 0 radical (unpaired) electrons. The Hall–Kier alpha value is -3.31. The molecule has 1 atom stereocenters. The van der Waals surface area contributed by atoms with Gasteiger partial charge in [0.05, 0.1) is 15.7 Å². The number of rotatable bonds is 7. The van der Waals surface area contributed by atoms with E-state index in [1.807, 2.05) is 6.92 Å². The molecular formula is C22H25N3O7S. The summed E-state index contributed by atoms with van der Waals surface area (Å²) >= 11 is 0. The van der Waals surface area contributed by atoms with Gasteiger partial charge >= 0.3 is 5.97 Å². The summed E-state index contributed by atoms with van der Waals surface area (Å²) in [6.07, 6.45) is -0.558. The van der Waals surface area contributed by atoms with E-state index in [2.05, 4.69) is 5.32 Å². The molecule has 1 fully saturated rings. The number of benzene rings is 2. The third-order valence-corrected chi connectivity index (χ3v) is 7.35. The maximum atomic E-state index is 12.8. The molecule has 10 nitrogen and oxygen atoms in total. The number of sulfonamides is 1. The normalized spacial score (nSPS) is 16.1. The molecule has 0 spiro atoms. The van der Waals surface area contributed by atoms with Crippen molar-refractivity contribution in [2.75, 3.05) is 18.4 Å². The molecule has 1 N–H and O–H groups in total. The Labute approximate surface area is 191 Å². The van der Waals surface area contributed by atoms with Crippen LogP contribution in [0.4, 0.5) is 11.4 Å². The van der Waals surface area contributed by atoms with Crippen LogP contribution in [0, 0.1) is 23.0 Å². The number of piperidine rings is 1. The number of carbonyl (C=O) groups excluding carboxylic acids is 2. The van der Waals surface area contributed by atoms with Crippen molar-refractivity contribution in [3.63, 3.8) is 0 Å². The lowest BCUT2D eigenvalue weighted by atomic mass is 9.98. The van der Waals surface area contributed by atoms with E-state index in [0.29, 0.717) is 0 Å². The summed E-state index contributed by atoms with van der Waals surface area (Å²) in [4.78, 5) is 35.3. The Bertz CT molecular complexity index is 1140. The van der Waals surface area contributed by atoms with Crippen LogP contribution in [0.3, 0.4) is 0 Å². The molecule has 0 aromatic heterocycles. The van der Waals surface area contributed by atoms with Crippen LogP contribution in [0.25, 0.3) is 0 Å². The van der Waals surface area contributed by atoms with Crippen molar-refractivity contribution in [3.8, 4) is 0 Å². The lowest BCUT2D eigenvalue weighted by Crippen LogP contribution is -2.41. The fraction of sp³-hybridized carbons (Fsp3) is 0.364. The number of amides is 1. The van der Waals surface area contributed by atoms with Gasteiger partial charge in [0.25, 0.3) is 11.6 Å². The average molecular weight is 476 g/mol. The molecule has 1 aliphatic heterocycles. The van der Waals surface area contributed by atoms with E-state index in [1.165, 1.54) is 35.5 Å². The second-order valence-corrected chi connectivity index (χ2v) is 9.81. The third-order valence-electron chi connectivity index (χ3n) is 5.43. The number of nitrogens with one attached hydrogen (secondary N) is 1. The van der Waals surface area contributed by atoms with Gasteiger partial charge in [-0.3, -0.25) is 19.7 Å². The molecule has 1 amide bonds. The molecule has 0 saturated carbocycles. The highest BCUT2D eigenvalue weighted by Crippen LogP contribution is 2.25. The highest BCUT2D eigenvalue weighted by atomic mass is 32.2. The molecular weight excluding hydrogens is 450 g/mol. The maximum Gasteiger partial charge on any atom is 0.309 e. The van der Waals surface area contributed by atoms with Crippen molar-refractivity contribution in [2.45, 2.75) is 37.7 Å². The van der Waals surface area contributed by atoms with E-state index in [9.17, 15) is 28.1 Å². The zero-order chi connectivity index (χ0) is 24.2. The molecule has 1 aliphatic rings. The molecule has 11 heteroatoms. The Morgan fingerprint density at radius 3 is 2.39 bits per heavy atom. The van der Waals surface area contributed by atoms with Crippen LogP contribution in [0.1, 0.15) is 25.3 Å². The Morgan fingerprint density at radius 1 is 1.15 bits per heavy atom. The number of carbonyl (C=O) groups is 2. The SMILES string of the molecule is Cc1ccc(S(=O)(=O)N2CCC(C(=O)OC(C)C(=O)Nc3cccc([N+](=O)[O-])c3)CC2)cc1. The van der Waals surface area contributed by atoms with Gasteiger partial charge in [0.2, 0.25) is 10.0 Å². The summed E-state index contributed by atoms with van der Waals surface area (Å²) in [6.45, 7) is 3.62. The van der Waals surface area contributed by atoms with Gasteiger partial charge in [-0.05, 0) is 44.9 Å². The second-order valence-electron chi connectivity index (χ2n) is 7.87. The van der Waals surface area contributed by atoms with E-state index in [1.54, 1.807) is 24.3 Å². The zero-order valence-electron chi connectivity index (χ0n) is 18.3. The highest BCUT2D eigenvalue weighted by molar-refractivity contribution is 7.89. The predicted molar refractivity (Wildman–Crippen MR) is 120 cm³/mol. The fourth-order valence-electron chi connectivity index (χ4n) is 3.46. The number of aryl methyl sites for hydroxylation is 1. The predicted octanol–water partition coefficient (Wildman–Crippen LogP) is 2.87. The highest BCUT2D eigenvalue weighted by Gasteiger charge is 2.34. The molecule has 1 saturated heterocycles. The van der Waals surface area contributed by atoms with Gasteiger partial charge in [-0.1, -0.05) is 23.8 Å². The molecule has 2 aromatic carbocycles. The van der Waals surface area contributed by atoms with Crippen LogP contribution in [-0.2, 0) is 24.3 Å². The molecule has 33 heavy (non-hydrogen) atoms. The monoisotopic (exact) mass is 475 g/mol. The number of nitrogens with zero attached hydrogens (tertiary/aromatic N) is 2. The number of esters is 1. The van der Waals surface area contributed by atoms with Gasteiger partial charge in [0, 0.05) is 30.9 Å². The number of non-ortho nitro benzene ring substituents is 1. The van der Waals surface area contributed by atoms with Gasteiger partial charge in [-0.15, -0.1) is 0 Å². The third kappa shape index (κ3) is 5.93. The lowest BCUT2D eigenvalue weighted by molar-refractivity contribution is -0.384. The summed E-state index contributed by atoms with van der Waals surface area (Å²) in [7, 11) is -3.64. The van der Waals surface area contributed by atoms with Crippen molar-refractivity contribution < 1.29 is 27.7 Å². The Kier molecular flexibility index (Phi) is 7.44. The van der Waals surface area contributed by atoms with Crippen molar-refractivity contribution in [3.05, 3.63) is 64.2 Å². The van der Waals surface area contributed by atoms with Gasteiger partial charge in [-0.2, -0.15) is 4.31 Å². The minimum atomic E-state index is -3.64. The smallest absolute Gasteiger partial charge is 0.309 e. The number of ether oxygens (including phenoxy) is 1. The first-order valence-corrected chi connectivity index (χ1v) is 11.8. The molecule has 2 aromatic rings. The molecule has 176 valence electrons. The van der Waals surface area contributed by atoms with Crippen molar-refractivity contribution >= 4 is 33.3 Å². The van der Waals surface area contributed by atoms with E-state index in [0.717, 1.165) is 5.56 Å². The minimum absolute atomic E-state index is 0.171. The van der Waals surface area contributed by atoms with E-state index in [-0.39, 0.29) is 42.2 Å². The molecule has 1 heterocycles. The molecule has 0 aliphatic carbocycles. The quantitative estimate of drug-likeness (QED) is 0.369. The number of nitro groups is 1. The topological polar surface area (TPSA) is 136 Å². The van der Waals surface area contributed by atoms with Crippen LogP contribution in [0.5, 0.6) is 0 Å². The van der Waals surface area contributed by atoms with E-state index < -0.39 is 38.8 Å². The minimum Gasteiger partial charge on any atom is -0.452 e. The zero-order valence-corrected chi connectivity index (χ0v) is 19.1. The van der Waals surface area contributed by atoms with Gasteiger partial charge in [0.1, 0.15) is 0 Å². The molecule has 3 rings (SSSR count). The first-order chi connectivity index (χ1) is 15.6. The van der Waals surface area contributed by atoms with Crippen LogP contribution >= 0.6 is 0 Å². The van der Waals surface area contributed by atoms with Crippen molar-refractivity contribution in [2.24, 2.45) is 5.92 Å². The summed E-state index contributed by atoms with van der Waals surface area (Å²) in [5, 5.41) is 13.3. The van der Waals surface area contributed by atoms with Gasteiger partial charge in [0.15, 0.2) is 6.10 Å². The fourth-order valence-corrected chi connectivity index (χ4v) is 4.93. The van der Waals surface area contributed by atoms with Gasteiger partial charge < -0.3 is 10.1 Å². The number of anilines is 1. The van der Waals surface area contributed by atoms with Gasteiger partial charge in [-0.25, -0.2) is 8.42 Å². The summed E-state index contributed by atoms with van der Waals surface area (Å²) in [6, 6.07) is 12.0. The summed E-state index contributed by atoms with van der Waals surface area (Å²) < 4.78 is 32.2. The summed E-state index contributed by atoms with van der Waals surface area (Å²) in [5.74, 6) is -1.73. The van der Waals surface area contributed by atoms with Crippen LogP contribution in [0.15, 0.2) is 53.4 Å². The standard InChI is InChI=1S/C22H25N3O7S/c1-15-6-8-20(9-7-15)33(30,31)24-12-10-17(11-13-24)22(27)32-16(2)21(26)23-18-4-3-5-19(14-18)25(28)29/h3-9,14,16-17H,10-13H2,1-2H3,(H,23,26). The first kappa shape index (κ1) is 24.3. The number of hydrogen-bond acceptors (Lipinski definition) is 7. The number of nitro benzene ring substituents is 1. The van der Waals surface area contributed by atoms with Crippen LogP contribution < -0.4 is 5.32 Å². The first-order valence-electron chi connectivity index (χ1n) is 10.4. The molecule has 0 bridgehead atoms. The Morgan fingerprint density at radius 2 is 1.79 bits per heavy atom.